The molecule has 0 bridgehead atoms. The molecule has 8 nitrogen and oxygen atoms in total. The summed E-state index contributed by atoms with van der Waals surface area (Å²) in [6.45, 7) is 4.93. The first-order chi connectivity index (χ1) is 11.0. The highest BCUT2D eigenvalue weighted by Crippen LogP contribution is 2.28. The van der Waals surface area contributed by atoms with Crippen molar-refractivity contribution < 1.29 is 14.4 Å². The summed E-state index contributed by atoms with van der Waals surface area (Å²) >= 11 is 0. The van der Waals surface area contributed by atoms with E-state index < -0.39 is 5.91 Å². The third-order valence-corrected chi connectivity index (χ3v) is 3.96. The van der Waals surface area contributed by atoms with E-state index in [2.05, 4.69) is 22.1 Å². The Morgan fingerprint density at radius 1 is 1.43 bits per heavy atom. The molecule has 2 heterocycles. The first-order valence-electron chi connectivity index (χ1n) is 7.54. The molecule has 1 saturated heterocycles. The molecule has 1 aromatic heterocycles. The molecule has 0 radical (unpaired) electrons. The van der Waals surface area contributed by atoms with Crippen LogP contribution in [0.25, 0.3) is 0 Å². The number of rotatable bonds is 6. The van der Waals surface area contributed by atoms with Crippen LogP contribution in [0, 0.1) is 0 Å². The van der Waals surface area contributed by atoms with Gasteiger partial charge in [0, 0.05) is 32.0 Å². The van der Waals surface area contributed by atoms with Crippen molar-refractivity contribution in [1.29, 1.82) is 0 Å². The van der Waals surface area contributed by atoms with Crippen LogP contribution < -0.4 is 11.1 Å². The zero-order valence-electron chi connectivity index (χ0n) is 12.9. The number of nitrogens with two attached hydrogens (primary N) is 1. The summed E-state index contributed by atoms with van der Waals surface area (Å²) in [5.74, 6) is -0.669. The van der Waals surface area contributed by atoms with Gasteiger partial charge in [-0.15, -0.1) is 0 Å². The van der Waals surface area contributed by atoms with E-state index in [0.717, 1.165) is 18.5 Å². The molecule has 4 N–H and O–H groups in total. The Balaban J connectivity index is 1.96. The van der Waals surface area contributed by atoms with Gasteiger partial charge in [-0.3, -0.25) is 19.5 Å². The van der Waals surface area contributed by atoms with Crippen LogP contribution in [-0.2, 0) is 9.59 Å². The Morgan fingerprint density at radius 3 is 2.74 bits per heavy atom. The minimum absolute atomic E-state index is 0.0718. The second-order valence-corrected chi connectivity index (χ2v) is 5.47. The minimum Gasteiger partial charge on any atom is -0.370 e. The molecule has 1 aromatic rings. The molecule has 23 heavy (non-hydrogen) atoms. The van der Waals surface area contributed by atoms with E-state index in [0.29, 0.717) is 18.7 Å². The van der Waals surface area contributed by atoms with E-state index in [-0.39, 0.29) is 30.7 Å². The molecule has 3 amide bonds. The van der Waals surface area contributed by atoms with Gasteiger partial charge in [-0.1, -0.05) is 6.58 Å². The minimum atomic E-state index is -0.461. The predicted octanol–water partition coefficient (Wildman–Crippen LogP) is -0.0931. The number of nitrogens with one attached hydrogen (secondary N) is 2. The summed E-state index contributed by atoms with van der Waals surface area (Å²) < 4.78 is 0. The molecule has 8 heteroatoms. The number of H-pyrrole nitrogens is 1. The highest BCUT2D eigenvalue weighted by molar-refractivity contribution is 5.95. The van der Waals surface area contributed by atoms with Gasteiger partial charge in [-0.25, -0.2) is 0 Å². The van der Waals surface area contributed by atoms with E-state index >= 15 is 0 Å². The lowest BCUT2D eigenvalue weighted by atomic mass is 9.91. The fourth-order valence-corrected chi connectivity index (χ4v) is 2.70. The smallest absolute Gasteiger partial charge is 0.254 e. The van der Waals surface area contributed by atoms with Crippen molar-refractivity contribution in [3.05, 3.63) is 30.1 Å². The van der Waals surface area contributed by atoms with E-state index in [1.54, 1.807) is 4.90 Å². The lowest BCUT2D eigenvalue weighted by Crippen LogP contribution is -2.37. The van der Waals surface area contributed by atoms with Crippen molar-refractivity contribution in [2.24, 2.45) is 5.73 Å². The normalized spacial score (nSPS) is 15.2. The van der Waals surface area contributed by atoms with Crippen LogP contribution in [0.2, 0.25) is 0 Å². The number of carbonyl (C=O) groups excluding carboxylic acids is 3. The SMILES string of the molecule is C=CC(=O)N1CCC(c2[nH]ncc2C(=O)NCCC(N)=O)CC1. The Kier molecular flexibility index (Phi) is 5.51. The fourth-order valence-electron chi connectivity index (χ4n) is 2.70. The van der Waals surface area contributed by atoms with Crippen LogP contribution in [-0.4, -0.2) is 52.5 Å². The maximum atomic E-state index is 12.2. The largest absolute Gasteiger partial charge is 0.370 e. The number of carbonyl (C=O) groups is 3. The molecular weight excluding hydrogens is 298 g/mol. The van der Waals surface area contributed by atoms with Gasteiger partial charge >= 0.3 is 0 Å². The Labute approximate surface area is 134 Å². The molecule has 1 aliphatic heterocycles. The number of amides is 3. The monoisotopic (exact) mass is 319 g/mol. The summed E-state index contributed by atoms with van der Waals surface area (Å²) in [5.41, 5.74) is 6.29. The molecule has 1 aliphatic rings. The van der Waals surface area contributed by atoms with Gasteiger partial charge in [0.25, 0.3) is 5.91 Å². The van der Waals surface area contributed by atoms with Crippen LogP contribution in [0.1, 0.15) is 41.2 Å². The van der Waals surface area contributed by atoms with Gasteiger partial charge in [-0.2, -0.15) is 5.10 Å². The van der Waals surface area contributed by atoms with Crippen LogP contribution >= 0.6 is 0 Å². The maximum absolute atomic E-state index is 12.2. The molecule has 2 rings (SSSR count). The van der Waals surface area contributed by atoms with Gasteiger partial charge in [0.2, 0.25) is 11.8 Å². The Morgan fingerprint density at radius 2 is 2.13 bits per heavy atom. The average Bonchev–Trinajstić information content (AvgIpc) is 3.03. The Hall–Kier alpha value is -2.64. The maximum Gasteiger partial charge on any atom is 0.254 e. The summed E-state index contributed by atoms with van der Waals surface area (Å²) in [7, 11) is 0. The van der Waals surface area contributed by atoms with E-state index in [9.17, 15) is 14.4 Å². The second-order valence-electron chi connectivity index (χ2n) is 5.47. The molecule has 0 unspecified atom stereocenters. The Bertz CT molecular complexity index is 602. The topological polar surface area (TPSA) is 121 Å². The van der Waals surface area contributed by atoms with E-state index in [1.807, 2.05) is 0 Å². The van der Waals surface area contributed by atoms with Crippen molar-refractivity contribution in [2.45, 2.75) is 25.2 Å². The average molecular weight is 319 g/mol. The van der Waals surface area contributed by atoms with Gasteiger partial charge in [0.05, 0.1) is 17.5 Å². The number of hydrogen-bond donors (Lipinski definition) is 3. The van der Waals surface area contributed by atoms with Crippen molar-refractivity contribution in [3.63, 3.8) is 0 Å². The lowest BCUT2D eigenvalue weighted by Gasteiger charge is -2.31. The number of piperidine rings is 1. The summed E-state index contributed by atoms with van der Waals surface area (Å²) in [6, 6.07) is 0. The molecular formula is C15H21N5O3. The third-order valence-electron chi connectivity index (χ3n) is 3.96. The molecule has 0 aliphatic carbocycles. The predicted molar refractivity (Wildman–Crippen MR) is 83.5 cm³/mol. The van der Waals surface area contributed by atoms with Crippen LogP contribution in [0.4, 0.5) is 0 Å². The van der Waals surface area contributed by atoms with Crippen molar-refractivity contribution in [3.8, 4) is 0 Å². The van der Waals surface area contributed by atoms with Crippen LogP contribution in [0.15, 0.2) is 18.9 Å². The number of primary amides is 1. The zero-order valence-corrected chi connectivity index (χ0v) is 12.9. The number of likely N-dealkylation sites (tertiary alicyclic amines) is 1. The molecule has 0 atom stereocenters. The molecule has 0 aromatic carbocycles. The number of aromatic nitrogens is 2. The van der Waals surface area contributed by atoms with E-state index in [4.69, 9.17) is 5.73 Å². The fraction of sp³-hybridized carbons (Fsp3) is 0.467. The third kappa shape index (κ3) is 4.18. The molecule has 0 saturated carbocycles. The highest BCUT2D eigenvalue weighted by Gasteiger charge is 2.27. The van der Waals surface area contributed by atoms with Gasteiger partial charge in [0.15, 0.2) is 0 Å². The molecule has 1 fully saturated rings. The zero-order chi connectivity index (χ0) is 16.8. The quantitative estimate of drug-likeness (QED) is 0.634. The summed E-state index contributed by atoms with van der Waals surface area (Å²) in [6.07, 6.45) is 4.40. The van der Waals surface area contributed by atoms with Crippen molar-refractivity contribution >= 4 is 17.7 Å². The summed E-state index contributed by atoms with van der Waals surface area (Å²) in [4.78, 5) is 36.2. The first-order valence-corrected chi connectivity index (χ1v) is 7.54. The van der Waals surface area contributed by atoms with Gasteiger partial charge in [-0.05, 0) is 18.9 Å². The van der Waals surface area contributed by atoms with E-state index in [1.165, 1.54) is 12.3 Å². The number of aromatic amines is 1. The molecule has 0 spiro atoms. The van der Waals surface area contributed by atoms with Crippen LogP contribution in [0.5, 0.6) is 0 Å². The second kappa shape index (κ2) is 7.57. The number of nitrogens with zero attached hydrogens (tertiary/aromatic N) is 2. The van der Waals surface area contributed by atoms with Gasteiger partial charge in [0.1, 0.15) is 0 Å². The van der Waals surface area contributed by atoms with Crippen molar-refractivity contribution in [2.75, 3.05) is 19.6 Å². The van der Waals surface area contributed by atoms with Gasteiger partial charge < -0.3 is 16.0 Å². The van der Waals surface area contributed by atoms with Crippen LogP contribution in [0.3, 0.4) is 0 Å². The highest BCUT2D eigenvalue weighted by atomic mass is 16.2. The molecule has 124 valence electrons. The summed E-state index contributed by atoms with van der Waals surface area (Å²) in [5, 5.41) is 9.50. The van der Waals surface area contributed by atoms with Crippen molar-refractivity contribution in [1.82, 2.24) is 20.4 Å². The standard InChI is InChI=1S/C15H21N5O3/c1-2-13(22)20-7-4-10(5-8-20)14-11(9-18-19-14)15(23)17-6-3-12(16)21/h2,9-10H,1,3-8H2,(H2,16,21)(H,17,23)(H,18,19). The number of hydrogen-bond acceptors (Lipinski definition) is 4. The first kappa shape index (κ1) is 16.7. The lowest BCUT2D eigenvalue weighted by molar-refractivity contribution is -0.127.